The van der Waals surface area contributed by atoms with Gasteiger partial charge >= 0.3 is 0 Å². The lowest BCUT2D eigenvalue weighted by molar-refractivity contribution is 0.104. The van der Waals surface area contributed by atoms with Crippen molar-refractivity contribution >= 4 is 29.0 Å². The van der Waals surface area contributed by atoms with Crippen molar-refractivity contribution in [2.45, 2.75) is 0 Å². The maximum atomic E-state index is 11.6. The van der Waals surface area contributed by atoms with E-state index in [4.69, 9.17) is 23.2 Å². The first-order valence-corrected chi connectivity index (χ1v) is 5.09. The largest absolute Gasteiger partial charge is 0.383 e. The Hall–Kier alpha value is -0.990. The van der Waals surface area contributed by atoms with E-state index >= 15 is 0 Å². The van der Waals surface area contributed by atoms with Crippen LogP contribution < -0.4 is 0 Å². The fraction of sp³-hybridized carbons (Fsp3) is 0.182. The van der Waals surface area contributed by atoms with Gasteiger partial charge in [-0.15, -0.1) is 0 Å². The molecule has 0 radical (unpaired) electrons. The summed E-state index contributed by atoms with van der Waals surface area (Å²) in [6.07, 6.45) is 3.15. The first-order chi connectivity index (χ1) is 6.99. The van der Waals surface area contributed by atoms with Gasteiger partial charge in [0.25, 0.3) is 0 Å². The number of nitrogens with zero attached hydrogens (tertiary/aromatic N) is 1. The van der Waals surface area contributed by atoms with Crippen LogP contribution in [0.5, 0.6) is 0 Å². The number of halogens is 2. The molecule has 0 heterocycles. The van der Waals surface area contributed by atoms with Crippen LogP contribution in [-0.2, 0) is 0 Å². The lowest BCUT2D eigenvalue weighted by atomic mass is 10.1. The Kier molecular flexibility index (Phi) is 4.18. The van der Waals surface area contributed by atoms with Crippen LogP contribution in [0.2, 0.25) is 10.0 Å². The third kappa shape index (κ3) is 3.94. The molecule has 0 bridgehead atoms. The lowest BCUT2D eigenvalue weighted by Gasteiger charge is -2.03. The number of carbonyl (C=O) groups excluding carboxylic acids is 1. The average Bonchev–Trinajstić information content (AvgIpc) is 2.12. The molecule has 0 N–H and O–H groups in total. The lowest BCUT2D eigenvalue weighted by Crippen LogP contribution is -2.03. The summed E-state index contributed by atoms with van der Waals surface area (Å²) >= 11 is 11.6. The molecular formula is C11H11Cl2NO. The van der Waals surface area contributed by atoms with Crippen molar-refractivity contribution in [3.8, 4) is 0 Å². The molecule has 1 aromatic rings. The molecule has 4 heteroatoms. The highest BCUT2D eigenvalue weighted by Gasteiger charge is 2.04. The topological polar surface area (TPSA) is 20.3 Å². The molecule has 0 amide bonds. The van der Waals surface area contributed by atoms with E-state index in [1.165, 1.54) is 6.08 Å². The van der Waals surface area contributed by atoms with Crippen molar-refractivity contribution in [2.24, 2.45) is 0 Å². The van der Waals surface area contributed by atoms with Gasteiger partial charge in [-0.2, -0.15) is 0 Å². The molecule has 0 saturated heterocycles. The van der Waals surface area contributed by atoms with E-state index in [0.29, 0.717) is 15.6 Å². The highest BCUT2D eigenvalue weighted by molar-refractivity contribution is 6.35. The molecule has 0 spiro atoms. The van der Waals surface area contributed by atoms with Crippen LogP contribution in [0.1, 0.15) is 10.4 Å². The van der Waals surface area contributed by atoms with Gasteiger partial charge in [0.15, 0.2) is 5.78 Å². The summed E-state index contributed by atoms with van der Waals surface area (Å²) in [6, 6.07) is 4.78. The van der Waals surface area contributed by atoms with Crippen LogP contribution in [0, 0.1) is 0 Å². The summed E-state index contributed by atoms with van der Waals surface area (Å²) < 4.78 is 0. The fourth-order valence-corrected chi connectivity index (χ4v) is 1.54. The zero-order chi connectivity index (χ0) is 11.4. The van der Waals surface area contributed by atoms with Crippen LogP contribution in [-0.4, -0.2) is 24.8 Å². The summed E-state index contributed by atoms with van der Waals surface area (Å²) in [5.41, 5.74) is 0.491. The van der Waals surface area contributed by atoms with Gasteiger partial charge in [-0.25, -0.2) is 0 Å². The van der Waals surface area contributed by atoms with Gasteiger partial charge in [-0.1, -0.05) is 23.2 Å². The zero-order valence-electron chi connectivity index (χ0n) is 8.50. The van der Waals surface area contributed by atoms with Crippen LogP contribution in [0.15, 0.2) is 30.5 Å². The monoisotopic (exact) mass is 243 g/mol. The normalized spacial score (nSPS) is 10.7. The predicted molar refractivity (Wildman–Crippen MR) is 63.6 cm³/mol. The van der Waals surface area contributed by atoms with Crippen LogP contribution in [0.4, 0.5) is 0 Å². The first-order valence-electron chi connectivity index (χ1n) is 4.34. The number of allylic oxidation sites excluding steroid dienone is 1. The molecule has 15 heavy (non-hydrogen) atoms. The second kappa shape index (κ2) is 5.19. The molecule has 0 aliphatic carbocycles. The number of hydrogen-bond acceptors (Lipinski definition) is 2. The Balaban J connectivity index is 2.91. The second-order valence-corrected chi connectivity index (χ2v) is 4.17. The maximum Gasteiger partial charge on any atom is 0.187 e. The smallest absolute Gasteiger partial charge is 0.187 e. The Bertz CT molecular complexity index is 379. The summed E-state index contributed by atoms with van der Waals surface area (Å²) in [5.74, 6) is -0.117. The van der Waals surface area contributed by atoms with Crippen molar-refractivity contribution in [3.63, 3.8) is 0 Å². The Morgan fingerprint density at radius 2 is 1.73 bits per heavy atom. The molecule has 80 valence electrons. The number of ketones is 1. The standard InChI is InChI=1S/C11H11Cl2NO/c1-14(2)4-3-11(15)8-5-9(12)7-10(13)6-8/h3-7H,1-2H3/b4-3-. The van der Waals surface area contributed by atoms with Gasteiger partial charge in [0.1, 0.15) is 0 Å². The Labute approximate surface area is 99.1 Å². The highest BCUT2D eigenvalue weighted by atomic mass is 35.5. The molecule has 1 aromatic carbocycles. The SMILES string of the molecule is CN(C)/C=C\C(=O)c1cc(Cl)cc(Cl)c1. The molecule has 0 unspecified atom stereocenters. The van der Waals surface area contributed by atoms with E-state index in [1.54, 1.807) is 29.3 Å². The average molecular weight is 244 g/mol. The van der Waals surface area contributed by atoms with Gasteiger partial charge in [-0.3, -0.25) is 4.79 Å². The molecule has 0 aliphatic heterocycles. The van der Waals surface area contributed by atoms with Crippen molar-refractivity contribution in [1.82, 2.24) is 4.90 Å². The predicted octanol–water partition coefficient (Wildman–Crippen LogP) is 3.25. The summed E-state index contributed by atoms with van der Waals surface area (Å²) in [4.78, 5) is 13.4. The summed E-state index contributed by atoms with van der Waals surface area (Å²) in [6.45, 7) is 0. The highest BCUT2D eigenvalue weighted by Crippen LogP contribution is 2.19. The van der Waals surface area contributed by atoms with Crippen LogP contribution >= 0.6 is 23.2 Å². The van der Waals surface area contributed by atoms with Gasteiger partial charge in [-0.05, 0) is 18.2 Å². The zero-order valence-corrected chi connectivity index (χ0v) is 10.0. The van der Waals surface area contributed by atoms with Crippen molar-refractivity contribution in [3.05, 3.63) is 46.1 Å². The third-order valence-electron chi connectivity index (χ3n) is 1.67. The number of hydrogen-bond donors (Lipinski definition) is 0. The minimum atomic E-state index is -0.117. The minimum absolute atomic E-state index is 0.117. The quantitative estimate of drug-likeness (QED) is 0.600. The summed E-state index contributed by atoms with van der Waals surface area (Å²) in [7, 11) is 3.68. The van der Waals surface area contributed by atoms with Crippen molar-refractivity contribution in [2.75, 3.05) is 14.1 Å². The Morgan fingerprint density at radius 1 is 1.20 bits per heavy atom. The van der Waals surface area contributed by atoms with Gasteiger partial charge < -0.3 is 4.90 Å². The number of carbonyl (C=O) groups is 1. The van der Waals surface area contributed by atoms with Crippen LogP contribution in [0.3, 0.4) is 0 Å². The molecule has 2 nitrogen and oxygen atoms in total. The molecule has 1 rings (SSSR count). The van der Waals surface area contributed by atoms with Gasteiger partial charge in [0, 0.05) is 42.0 Å². The minimum Gasteiger partial charge on any atom is -0.383 e. The molecule has 0 aliphatic rings. The second-order valence-electron chi connectivity index (χ2n) is 3.30. The molecular weight excluding hydrogens is 233 g/mol. The third-order valence-corrected chi connectivity index (χ3v) is 2.11. The summed E-state index contributed by atoms with van der Waals surface area (Å²) in [5, 5.41) is 0.924. The van der Waals surface area contributed by atoms with E-state index in [2.05, 4.69) is 0 Å². The van der Waals surface area contributed by atoms with Gasteiger partial charge in [0.2, 0.25) is 0 Å². The van der Waals surface area contributed by atoms with E-state index in [-0.39, 0.29) is 5.78 Å². The van der Waals surface area contributed by atoms with E-state index in [9.17, 15) is 4.79 Å². The van der Waals surface area contributed by atoms with Crippen molar-refractivity contribution in [1.29, 1.82) is 0 Å². The Morgan fingerprint density at radius 3 is 2.20 bits per heavy atom. The number of rotatable bonds is 3. The van der Waals surface area contributed by atoms with Crippen LogP contribution in [0.25, 0.3) is 0 Å². The van der Waals surface area contributed by atoms with E-state index in [1.807, 2.05) is 14.1 Å². The molecule has 0 atom stereocenters. The van der Waals surface area contributed by atoms with Gasteiger partial charge in [0.05, 0.1) is 0 Å². The molecule has 0 aromatic heterocycles. The maximum absolute atomic E-state index is 11.6. The van der Waals surface area contributed by atoms with E-state index < -0.39 is 0 Å². The van der Waals surface area contributed by atoms with Crippen molar-refractivity contribution < 1.29 is 4.79 Å². The molecule has 0 saturated carbocycles. The molecule has 0 fully saturated rings. The number of benzene rings is 1. The van der Waals surface area contributed by atoms with E-state index in [0.717, 1.165) is 0 Å². The fourth-order valence-electron chi connectivity index (χ4n) is 1.01. The first kappa shape index (κ1) is 12.1.